The maximum Gasteiger partial charge on any atom is 0.191 e. The molecule has 0 bridgehead atoms. The molecule has 0 aromatic carbocycles. The zero-order valence-corrected chi connectivity index (χ0v) is 16.3. The van der Waals surface area contributed by atoms with Crippen LogP contribution in [0.25, 0.3) is 5.65 Å². The van der Waals surface area contributed by atoms with E-state index in [9.17, 15) is 0 Å². The van der Waals surface area contributed by atoms with E-state index in [0.717, 1.165) is 54.1 Å². The van der Waals surface area contributed by atoms with Crippen LogP contribution in [0.2, 0.25) is 0 Å². The topological polar surface area (TPSA) is 79.5 Å². The van der Waals surface area contributed by atoms with E-state index < -0.39 is 0 Å². The second-order valence-electron chi connectivity index (χ2n) is 6.02. The van der Waals surface area contributed by atoms with Crippen LogP contribution in [0.1, 0.15) is 34.7 Å². The molecular weight excluding hydrogens is 346 g/mol. The Morgan fingerprint density at radius 1 is 1.23 bits per heavy atom. The molecule has 0 saturated carbocycles. The Hall–Kier alpha value is -2.48. The van der Waals surface area contributed by atoms with E-state index in [1.807, 2.05) is 35.7 Å². The number of fused-ring (bicyclic) bond motifs is 1. The summed E-state index contributed by atoms with van der Waals surface area (Å²) in [4.78, 5) is 10.4. The highest BCUT2D eigenvalue weighted by atomic mass is 32.1. The number of thiazole rings is 1. The molecule has 138 valence electrons. The van der Waals surface area contributed by atoms with Crippen LogP contribution in [-0.2, 0) is 13.0 Å². The van der Waals surface area contributed by atoms with Crippen LogP contribution in [-0.4, -0.2) is 38.6 Å². The lowest BCUT2D eigenvalue weighted by Gasteiger charge is -2.10. The Morgan fingerprint density at radius 2 is 2.12 bits per heavy atom. The number of aliphatic imine (C=N–C) groups is 1. The minimum Gasteiger partial charge on any atom is -0.357 e. The third kappa shape index (κ3) is 4.57. The van der Waals surface area contributed by atoms with Crippen molar-refractivity contribution in [3.05, 3.63) is 45.8 Å². The molecule has 0 spiro atoms. The Kier molecular flexibility index (Phi) is 6.17. The van der Waals surface area contributed by atoms with Crippen molar-refractivity contribution in [3.8, 4) is 0 Å². The zero-order valence-electron chi connectivity index (χ0n) is 15.5. The van der Waals surface area contributed by atoms with E-state index in [2.05, 4.69) is 44.7 Å². The molecule has 26 heavy (non-hydrogen) atoms. The molecule has 0 amide bonds. The molecule has 3 aromatic heterocycles. The lowest BCUT2D eigenvalue weighted by Crippen LogP contribution is -2.37. The van der Waals surface area contributed by atoms with Crippen molar-refractivity contribution in [2.45, 2.75) is 40.2 Å². The number of guanidine groups is 1. The van der Waals surface area contributed by atoms with Gasteiger partial charge < -0.3 is 10.6 Å². The first-order chi connectivity index (χ1) is 12.7. The number of aryl methyl sites for hydroxylation is 3. The van der Waals surface area contributed by atoms with Gasteiger partial charge >= 0.3 is 0 Å². The van der Waals surface area contributed by atoms with Crippen molar-refractivity contribution in [2.24, 2.45) is 4.99 Å². The van der Waals surface area contributed by atoms with Crippen LogP contribution in [0.4, 0.5) is 0 Å². The molecule has 3 rings (SSSR count). The molecule has 0 fully saturated rings. The molecule has 0 saturated heterocycles. The van der Waals surface area contributed by atoms with Gasteiger partial charge in [0.15, 0.2) is 11.6 Å². The largest absolute Gasteiger partial charge is 0.357 e. The molecule has 3 aromatic rings. The van der Waals surface area contributed by atoms with Crippen molar-refractivity contribution in [1.82, 2.24) is 30.2 Å². The summed E-state index contributed by atoms with van der Waals surface area (Å²) in [7, 11) is 0. The van der Waals surface area contributed by atoms with E-state index in [1.54, 1.807) is 11.3 Å². The lowest BCUT2D eigenvalue weighted by molar-refractivity contribution is 0.714. The van der Waals surface area contributed by atoms with Crippen LogP contribution in [0, 0.1) is 13.8 Å². The highest BCUT2D eigenvalue weighted by Crippen LogP contribution is 2.16. The SMILES string of the molecule is CCNC(=NCc1nc(C)c(C)s1)NCCCc1nnc2ccccn12. The second-order valence-corrected chi connectivity index (χ2v) is 7.31. The van der Waals surface area contributed by atoms with Gasteiger partial charge in [0.25, 0.3) is 0 Å². The summed E-state index contributed by atoms with van der Waals surface area (Å²) in [6.07, 6.45) is 3.82. The second kappa shape index (κ2) is 8.75. The zero-order chi connectivity index (χ0) is 18.4. The van der Waals surface area contributed by atoms with Gasteiger partial charge in [0.2, 0.25) is 0 Å². The van der Waals surface area contributed by atoms with E-state index in [0.29, 0.717) is 6.54 Å². The number of aromatic nitrogens is 4. The number of pyridine rings is 1. The molecule has 0 atom stereocenters. The van der Waals surface area contributed by atoms with E-state index >= 15 is 0 Å². The van der Waals surface area contributed by atoms with Crippen molar-refractivity contribution in [2.75, 3.05) is 13.1 Å². The van der Waals surface area contributed by atoms with Crippen molar-refractivity contribution in [1.29, 1.82) is 0 Å². The highest BCUT2D eigenvalue weighted by molar-refractivity contribution is 7.11. The molecule has 3 heterocycles. The molecule has 0 aliphatic rings. The van der Waals surface area contributed by atoms with Gasteiger partial charge in [-0.15, -0.1) is 21.5 Å². The monoisotopic (exact) mass is 371 g/mol. The number of rotatable bonds is 7. The normalized spacial score (nSPS) is 11.9. The molecule has 0 aliphatic carbocycles. The lowest BCUT2D eigenvalue weighted by atomic mass is 10.3. The van der Waals surface area contributed by atoms with E-state index in [1.165, 1.54) is 4.88 Å². The van der Waals surface area contributed by atoms with Crippen molar-refractivity contribution < 1.29 is 0 Å². The van der Waals surface area contributed by atoms with Gasteiger partial charge in [-0.05, 0) is 39.3 Å². The quantitative estimate of drug-likeness (QED) is 0.379. The summed E-state index contributed by atoms with van der Waals surface area (Å²) in [5.74, 6) is 1.81. The fraction of sp³-hybridized carbons (Fsp3) is 0.444. The standard InChI is InChI=1S/C18H25N7S/c1-4-19-18(21-12-17-22-13(2)14(3)26-17)20-10-7-9-16-24-23-15-8-5-6-11-25(15)16/h5-6,8,11H,4,7,9-10,12H2,1-3H3,(H2,19,20,21). The van der Waals surface area contributed by atoms with Gasteiger partial charge in [0.1, 0.15) is 10.8 Å². The Balaban J connectivity index is 1.51. The van der Waals surface area contributed by atoms with E-state index in [-0.39, 0.29) is 0 Å². The van der Waals surface area contributed by atoms with E-state index in [4.69, 9.17) is 0 Å². The fourth-order valence-corrected chi connectivity index (χ4v) is 3.47. The predicted molar refractivity (Wildman–Crippen MR) is 106 cm³/mol. The first-order valence-corrected chi connectivity index (χ1v) is 9.72. The summed E-state index contributed by atoms with van der Waals surface area (Å²) >= 11 is 1.71. The maximum absolute atomic E-state index is 4.63. The van der Waals surface area contributed by atoms with Gasteiger partial charge in [-0.1, -0.05) is 6.07 Å². The Bertz CT molecular complexity index is 861. The third-order valence-electron chi connectivity index (χ3n) is 4.04. The molecular formula is C18H25N7S. The number of hydrogen-bond donors (Lipinski definition) is 2. The molecule has 8 heteroatoms. The first-order valence-electron chi connectivity index (χ1n) is 8.91. The van der Waals surface area contributed by atoms with Crippen LogP contribution in [0.15, 0.2) is 29.4 Å². The molecule has 0 aliphatic heterocycles. The number of nitrogens with zero attached hydrogens (tertiary/aromatic N) is 5. The van der Waals surface area contributed by atoms with Gasteiger partial charge in [-0.3, -0.25) is 4.40 Å². The average Bonchev–Trinajstić information content (AvgIpc) is 3.20. The minimum absolute atomic E-state index is 0.601. The highest BCUT2D eigenvalue weighted by Gasteiger charge is 2.06. The van der Waals surface area contributed by atoms with Crippen molar-refractivity contribution >= 4 is 22.9 Å². The molecule has 0 radical (unpaired) electrons. The molecule has 7 nitrogen and oxygen atoms in total. The van der Waals surface area contributed by atoms with Crippen LogP contribution < -0.4 is 10.6 Å². The van der Waals surface area contributed by atoms with Crippen LogP contribution in [0.5, 0.6) is 0 Å². The summed E-state index contributed by atoms with van der Waals surface area (Å²) in [6, 6.07) is 5.93. The van der Waals surface area contributed by atoms with Gasteiger partial charge in [0.05, 0.1) is 12.2 Å². The smallest absolute Gasteiger partial charge is 0.191 e. The summed E-state index contributed by atoms with van der Waals surface area (Å²) in [5.41, 5.74) is 1.98. The number of nitrogens with one attached hydrogen (secondary N) is 2. The van der Waals surface area contributed by atoms with Gasteiger partial charge in [-0.2, -0.15) is 0 Å². The maximum atomic E-state index is 4.63. The van der Waals surface area contributed by atoms with Gasteiger partial charge in [0, 0.05) is 30.6 Å². The fourth-order valence-electron chi connectivity index (χ4n) is 2.61. The summed E-state index contributed by atoms with van der Waals surface area (Å²) < 4.78 is 2.03. The Labute approximate surface area is 157 Å². The van der Waals surface area contributed by atoms with Crippen LogP contribution in [0.3, 0.4) is 0 Å². The van der Waals surface area contributed by atoms with Crippen molar-refractivity contribution in [3.63, 3.8) is 0 Å². The summed E-state index contributed by atoms with van der Waals surface area (Å²) in [6.45, 7) is 8.45. The molecule has 2 N–H and O–H groups in total. The van der Waals surface area contributed by atoms with Crippen LogP contribution >= 0.6 is 11.3 Å². The first kappa shape index (κ1) is 18.3. The minimum atomic E-state index is 0.601. The predicted octanol–water partition coefficient (Wildman–Crippen LogP) is 2.49. The molecule has 0 unspecified atom stereocenters. The summed E-state index contributed by atoms with van der Waals surface area (Å²) in [5, 5.41) is 16.2. The average molecular weight is 372 g/mol. The number of hydrogen-bond acceptors (Lipinski definition) is 5. The third-order valence-corrected chi connectivity index (χ3v) is 5.10. The Morgan fingerprint density at radius 3 is 2.88 bits per heavy atom. The van der Waals surface area contributed by atoms with Gasteiger partial charge in [-0.25, -0.2) is 9.98 Å².